The quantitative estimate of drug-likeness (QED) is 0.750. The van der Waals surface area contributed by atoms with E-state index in [9.17, 15) is 4.79 Å². The van der Waals surface area contributed by atoms with E-state index in [4.69, 9.17) is 9.47 Å². The number of rotatable bonds is 6. The SMILES string of the molecule is CCSCc1ccc(C(=O)OCC2CCCCO2)cc1. The molecule has 0 aromatic heterocycles. The Labute approximate surface area is 125 Å². The summed E-state index contributed by atoms with van der Waals surface area (Å²) in [5.41, 5.74) is 1.86. The summed E-state index contributed by atoms with van der Waals surface area (Å²) in [4.78, 5) is 11.9. The highest BCUT2D eigenvalue weighted by molar-refractivity contribution is 7.98. The van der Waals surface area contributed by atoms with Crippen LogP contribution in [0.25, 0.3) is 0 Å². The van der Waals surface area contributed by atoms with Crippen molar-refractivity contribution in [2.75, 3.05) is 19.0 Å². The van der Waals surface area contributed by atoms with Crippen LogP contribution in [0.4, 0.5) is 0 Å². The van der Waals surface area contributed by atoms with Crippen molar-refractivity contribution >= 4 is 17.7 Å². The topological polar surface area (TPSA) is 35.5 Å². The molecule has 1 unspecified atom stereocenters. The first kappa shape index (κ1) is 15.4. The number of carbonyl (C=O) groups excluding carboxylic acids is 1. The highest BCUT2D eigenvalue weighted by Gasteiger charge is 2.16. The maximum atomic E-state index is 11.9. The Balaban J connectivity index is 1.79. The minimum atomic E-state index is -0.256. The lowest BCUT2D eigenvalue weighted by atomic mass is 10.1. The van der Waals surface area contributed by atoms with Gasteiger partial charge in [-0.05, 0) is 42.7 Å². The summed E-state index contributed by atoms with van der Waals surface area (Å²) in [6.45, 7) is 3.29. The first-order valence-corrected chi connectivity index (χ1v) is 8.40. The van der Waals surface area contributed by atoms with Gasteiger partial charge in [0.15, 0.2) is 0 Å². The van der Waals surface area contributed by atoms with Gasteiger partial charge in [0.2, 0.25) is 0 Å². The van der Waals surface area contributed by atoms with E-state index < -0.39 is 0 Å². The lowest BCUT2D eigenvalue weighted by molar-refractivity contribution is -0.0300. The molecule has 1 aliphatic heterocycles. The summed E-state index contributed by atoms with van der Waals surface area (Å²) < 4.78 is 10.9. The van der Waals surface area contributed by atoms with Crippen LogP contribution in [-0.2, 0) is 15.2 Å². The van der Waals surface area contributed by atoms with E-state index in [1.54, 1.807) is 0 Å². The molecule has 2 rings (SSSR count). The zero-order valence-electron chi connectivity index (χ0n) is 12.0. The molecule has 3 nitrogen and oxygen atoms in total. The van der Waals surface area contributed by atoms with E-state index in [0.29, 0.717) is 12.2 Å². The van der Waals surface area contributed by atoms with Crippen molar-refractivity contribution in [1.29, 1.82) is 0 Å². The second kappa shape index (κ2) is 8.32. The van der Waals surface area contributed by atoms with Crippen molar-refractivity contribution in [2.45, 2.75) is 38.0 Å². The molecule has 1 saturated heterocycles. The monoisotopic (exact) mass is 294 g/mol. The van der Waals surface area contributed by atoms with Gasteiger partial charge in [0.25, 0.3) is 0 Å². The fraction of sp³-hybridized carbons (Fsp3) is 0.562. The highest BCUT2D eigenvalue weighted by atomic mass is 32.2. The van der Waals surface area contributed by atoms with Crippen LogP contribution < -0.4 is 0 Å². The number of thioether (sulfide) groups is 1. The average Bonchev–Trinajstić information content (AvgIpc) is 2.52. The highest BCUT2D eigenvalue weighted by Crippen LogP contribution is 2.15. The van der Waals surface area contributed by atoms with Crippen molar-refractivity contribution in [1.82, 2.24) is 0 Å². The summed E-state index contributed by atoms with van der Waals surface area (Å²) in [5.74, 6) is 1.83. The molecule has 0 saturated carbocycles. The van der Waals surface area contributed by atoms with Gasteiger partial charge in [-0.3, -0.25) is 0 Å². The van der Waals surface area contributed by atoms with Crippen LogP contribution in [-0.4, -0.2) is 31.0 Å². The molecule has 1 heterocycles. The number of ether oxygens (including phenoxy) is 2. The molecule has 1 fully saturated rings. The number of hydrogen-bond acceptors (Lipinski definition) is 4. The first-order chi connectivity index (χ1) is 9.79. The minimum absolute atomic E-state index is 0.0768. The molecule has 0 aliphatic carbocycles. The van der Waals surface area contributed by atoms with E-state index in [0.717, 1.165) is 37.4 Å². The molecule has 0 amide bonds. The first-order valence-electron chi connectivity index (χ1n) is 7.25. The van der Waals surface area contributed by atoms with Gasteiger partial charge in [-0.1, -0.05) is 19.1 Å². The Morgan fingerprint density at radius 2 is 2.15 bits per heavy atom. The van der Waals surface area contributed by atoms with Crippen LogP contribution in [0.3, 0.4) is 0 Å². The van der Waals surface area contributed by atoms with Crippen molar-refractivity contribution in [2.24, 2.45) is 0 Å². The Bertz CT molecular complexity index is 410. The van der Waals surface area contributed by atoms with Gasteiger partial charge >= 0.3 is 5.97 Å². The number of benzene rings is 1. The van der Waals surface area contributed by atoms with Crippen LogP contribution in [0.5, 0.6) is 0 Å². The molecule has 0 spiro atoms. The zero-order valence-corrected chi connectivity index (χ0v) is 12.8. The molecular weight excluding hydrogens is 272 g/mol. The Morgan fingerprint density at radius 1 is 1.35 bits per heavy atom. The molecule has 110 valence electrons. The maximum absolute atomic E-state index is 11.9. The fourth-order valence-electron chi connectivity index (χ4n) is 2.15. The van der Waals surface area contributed by atoms with Crippen molar-refractivity contribution in [3.05, 3.63) is 35.4 Å². The third-order valence-corrected chi connectivity index (χ3v) is 4.28. The molecule has 0 bridgehead atoms. The van der Waals surface area contributed by atoms with Crippen molar-refractivity contribution in [3.8, 4) is 0 Å². The van der Waals surface area contributed by atoms with Gasteiger partial charge in [-0.15, -0.1) is 0 Å². The van der Waals surface area contributed by atoms with Crippen LogP contribution in [0.2, 0.25) is 0 Å². The van der Waals surface area contributed by atoms with Crippen molar-refractivity contribution < 1.29 is 14.3 Å². The Morgan fingerprint density at radius 3 is 2.80 bits per heavy atom. The summed E-state index contributed by atoms with van der Waals surface area (Å²) in [6, 6.07) is 7.68. The molecule has 1 aromatic rings. The van der Waals surface area contributed by atoms with Crippen molar-refractivity contribution in [3.63, 3.8) is 0 Å². The second-order valence-corrected chi connectivity index (χ2v) is 6.20. The van der Waals surface area contributed by atoms with E-state index in [1.165, 1.54) is 5.56 Å². The van der Waals surface area contributed by atoms with Gasteiger partial charge in [0, 0.05) is 12.4 Å². The molecule has 0 N–H and O–H groups in total. The number of hydrogen-bond donors (Lipinski definition) is 0. The van der Waals surface area contributed by atoms with Crippen LogP contribution >= 0.6 is 11.8 Å². The van der Waals surface area contributed by atoms with Gasteiger partial charge in [-0.2, -0.15) is 11.8 Å². The number of carbonyl (C=O) groups is 1. The average molecular weight is 294 g/mol. The molecule has 1 aromatic carbocycles. The molecule has 1 atom stereocenters. The summed E-state index contributed by atoms with van der Waals surface area (Å²) >= 11 is 1.87. The normalized spacial score (nSPS) is 18.8. The molecule has 1 aliphatic rings. The van der Waals surface area contributed by atoms with E-state index >= 15 is 0 Å². The summed E-state index contributed by atoms with van der Waals surface area (Å²) in [6.07, 6.45) is 3.33. The van der Waals surface area contributed by atoms with Crippen LogP contribution in [0.1, 0.15) is 42.1 Å². The summed E-state index contributed by atoms with van der Waals surface area (Å²) in [5, 5.41) is 0. The number of esters is 1. The zero-order chi connectivity index (χ0) is 14.2. The predicted molar refractivity (Wildman–Crippen MR) is 82.2 cm³/mol. The third kappa shape index (κ3) is 4.84. The second-order valence-electron chi connectivity index (χ2n) is 4.92. The molecule has 20 heavy (non-hydrogen) atoms. The lowest BCUT2D eigenvalue weighted by Gasteiger charge is -2.22. The van der Waals surface area contributed by atoms with E-state index in [-0.39, 0.29) is 12.1 Å². The van der Waals surface area contributed by atoms with E-state index in [1.807, 2.05) is 36.0 Å². The smallest absolute Gasteiger partial charge is 0.338 e. The van der Waals surface area contributed by atoms with Gasteiger partial charge in [0.05, 0.1) is 11.7 Å². The molecular formula is C16H22O3S. The fourth-order valence-corrected chi connectivity index (χ4v) is 2.78. The molecule has 0 radical (unpaired) electrons. The Hall–Kier alpha value is -1.00. The Kier molecular flexibility index (Phi) is 6.40. The van der Waals surface area contributed by atoms with Gasteiger partial charge in [-0.25, -0.2) is 4.79 Å². The van der Waals surface area contributed by atoms with Crippen LogP contribution in [0, 0.1) is 0 Å². The third-order valence-electron chi connectivity index (χ3n) is 3.34. The van der Waals surface area contributed by atoms with Crippen LogP contribution in [0.15, 0.2) is 24.3 Å². The standard InChI is InChI=1S/C16H22O3S/c1-2-20-12-13-6-8-14(9-7-13)16(17)19-11-15-5-3-4-10-18-15/h6-9,15H,2-5,10-12H2,1H3. The van der Waals surface area contributed by atoms with Gasteiger partial charge in [0.1, 0.15) is 6.61 Å². The lowest BCUT2D eigenvalue weighted by Crippen LogP contribution is -2.25. The summed E-state index contributed by atoms with van der Waals surface area (Å²) in [7, 11) is 0. The minimum Gasteiger partial charge on any atom is -0.459 e. The predicted octanol–water partition coefficient (Wildman–Crippen LogP) is 3.67. The molecule has 4 heteroatoms. The van der Waals surface area contributed by atoms with Gasteiger partial charge < -0.3 is 9.47 Å². The maximum Gasteiger partial charge on any atom is 0.338 e. The largest absolute Gasteiger partial charge is 0.459 e. The van der Waals surface area contributed by atoms with E-state index in [2.05, 4.69) is 6.92 Å².